The smallest absolute Gasteiger partial charge is 0.321 e. The number of hydrogen-bond acceptors (Lipinski definition) is 2. The first-order valence-electron chi connectivity index (χ1n) is 7.44. The largest absolute Gasteiger partial charge is 0.367 e. The Bertz CT molecular complexity index is 684. The van der Waals surface area contributed by atoms with Crippen LogP contribution in [0.3, 0.4) is 0 Å². The molecule has 4 nitrogen and oxygen atoms in total. The zero-order chi connectivity index (χ0) is 16.2. The fourth-order valence-corrected chi connectivity index (χ4v) is 2.85. The van der Waals surface area contributed by atoms with E-state index in [-0.39, 0.29) is 11.8 Å². The Balaban J connectivity index is 1.57. The first kappa shape index (κ1) is 15.6. The molecular weight excluding hydrogens is 317 g/mol. The quantitative estimate of drug-likeness (QED) is 0.906. The average molecular weight is 334 g/mol. The first-order chi connectivity index (χ1) is 11.1. The number of para-hydroxylation sites is 1. The van der Waals surface area contributed by atoms with Crippen molar-refractivity contribution in [2.24, 2.45) is 0 Å². The molecule has 1 aliphatic rings. The van der Waals surface area contributed by atoms with Crippen LogP contribution in [0.25, 0.3) is 0 Å². The van der Waals surface area contributed by atoms with Gasteiger partial charge >= 0.3 is 6.03 Å². The lowest BCUT2D eigenvalue weighted by atomic mass is 10.2. The number of hydrogen-bond donors (Lipinski definition) is 1. The number of nitrogens with zero attached hydrogens (tertiary/aromatic N) is 2. The zero-order valence-electron chi connectivity index (χ0n) is 12.5. The lowest BCUT2D eigenvalue weighted by Crippen LogP contribution is -2.50. The van der Waals surface area contributed by atoms with E-state index in [2.05, 4.69) is 10.2 Å². The second kappa shape index (κ2) is 6.87. The van der Waals surface area contributed by atoms with E-state index in [0.29, 0.717) is 18.8 Å². The molecule has 1 aliphatic heterocycles. The Labute approximate surface area is 139 Å². The van der Waals surface area contributed by atoms with Gasteiger partial charge in [-0.2, -0.15) is 0 Å². The van der Waals surface area contributed by atoms with Crippen LogP contribution in [0, 0.1) is 5.82 Å². The van der Waals surface area contributed by atoms with Crippen molar-refractivity contribution in [3.05, 3.63) is 59.4 Å². The summed E-state index contributed by atoms with van der Waals surface area (Å²) in [6.07, 6.45) is 0. The maximum absolute atomic E-state index is 12.9. The molecule has 1 heterocycles. The Kier molecular flexibility index (Phi) is 4.67. The first-order valence-corrected chi connectivity index (χ1v) is 7.82. The minimum atomic E-state index is -0.323. The molecule has 0 atom stereocenters. The molecule has 2 aromatic carbocycles. The predicted octanol–water partition coefficient (Wildman–Crippen LogP) is 3.83. The van der Waals surface area contributed by atoms with E-state index >= 15 is 0 Å². The van der Waals surface area contributed by atoms with Crippen molar-refractivity contribution >= 4 is 29.0 Å². The van der Waals surface area contributed by atoms with Crippen LogP contribution in [0.1, 0.15) is 0 Å². The molecule has 2 aromatic rings. The minimum Gasteiger partial charge on any atom is -0.367 e. The topological polar surface area (TPSA) is 35.6 Å². The highest BCUT2D eigenvalue weighted by molar-refractivity contribution is 6.33. The van der Waals surface area contributed by atoms with Crippen LogP contribution in [0.5, 0.6) is 0 Å². The van der Waals surface area contributed by atoms with Crippen molar-refractivity contribution < 1.29 is 9.18 Å². The highest BCUT2D eigenvalue weighted by Gasteiger charge is 2.22. The van der Waals surface area contributed by atoms with Gasteiger partial charge in [0.15, 0.2) is 0 Å². The average Bonchev–Trinajstić information content (AvgIpc) is 2.57. The molecule has 0 radical (unpaired) electrons. The van der Waals surface area contributed by atoms with Gasteiger partial charge < -0.3 is 15.1 Å². The van der Waals surface area contributed by atoms with E-state index in [0.717, 1.165) is 23.8 Å². The molecule has 0 saturated carbocycles. The van der Waals surface area contributed by atoms with Crippen LogP contribution >= 0.6 is 11.6 Å². The number of rotatable bonds is 2. The van der Waals surface area contributed by atoms with Crippen LogP contribution in [0.4, 0.5) is 20.6 Å². The van der Waals surface area contributed by atoms with E-state index in [1.807, 2.05) is 24.3 Å². The summed E-state index contributed by atoms with van der Waals surface area (Å²) in [7, 11) is 0. The van der Waals surface area contributed by atoms with Crippen molar-refractivity contribution in [1.29, 1.82) is 0 Å². The predicted molar refractivity (Wildman–Crippen MR) is 90.7 cm³/mol. The van der Waals surface area contributed by atoms with E-state index in [4.69, 9.17) is 11.6 Å². The molecule has 0 unspecified atom stereocenters. The van der Waals surface area contributed by atoms with Gasteiger partial charge in [0.25, 0.3) is 0 Å². The van der Waals surface area contributed by atoms with E-state index in [9.17, 15) is 9.18 Å². The summed E-state index contributed by atoms with van der Waals surface area (Å²) in [4.78, 5) is 16.2. The summed E-state index contributed by atoms with van der Waals surface area (Å²) in [5.74, 6) is -0.323. The number of piperazine rings is 1. The molecule has 0 bridgehead atoms. The number of benzene rings is 2. The second-order valence-electron chi connectivity index (χ2n) is 5.36. The molecule has 2 amide bonds. The van der Waals surface area contributed by atoms with Crippen LogP contribution < -0.4 is 10.2 Å². The number of carbonyl (C=O) groups is 1. The highest BCUT2D eigenvalue weighted by atomic mass is 35.5. The van der Waals surface area contributed by atoms with Gasteiger partial charge in [-0.15, -0.1) is 0 Å². The van der Waals surface area contributed by atoms with Crippen LogP contribution in [0.15, 0.2) is 48.5 Å². The van der Waals surface area contributed by atoms with E-state index in [1.165, 1.54) is 12.1 Å². The molecule has 23 heavy (non-hydrogen) atoms. The van der Waals surface area contributed by atoms with Gasteiger partial charge in [0.05, 0.1) is 10.7 Å². The van der Waals surface area contributed by atoms with Gasteiger partial charge in [0.2, 0.25) is 0 Å². The van der Waals surface area contributed by atoms with Gasteiger partial charge in [-0.25, -0.2) is 9.18 Å². The summed E-state index contributed by atoms with van der Waals surface area (Å²) in [5, 5.41) is 3.50. The zero-order valence-corrected chi connectivity index (χ0v) is 13.3. The molecule has 3 rings (SSSR count). The Hall–Kier alpha value is -2.27. The summed E-state index contributed by atoms with van der Waals surface area (Å²) in [5.41, 5.74) is 1.58. The van der Waals surface area contributed by atoms with E-state index < -0.39 is 0 Å². The standard InChI is InChI=1S/C17H17ClFN3O/c18-15-3-1-2-4-16(15)21-9-11-22(12-10-21)17(23)20-14-7-5-13(19)6-8-14/h1-8H,9-12H2,(H,20,23). The molecule has 120 valence electrons. The summed E-state index contributed by atoms with van der Waals surface area (Å²) < 4.78 is 12.9. The number of urea groups is 1. The summed E-state index contributed by atoms with van der Waals surface area (Å²) >= 11 is 6.21. The van der Waals surface area contributed by atoms with Crippen LogP contribution in [0.2, 0.25) is 5.02 Å². The van der Waals surface area contributed by atoms with Gasteiger partial charge in [-0.05, 0) is 36.4 Å². The Morgan fingerprint density at radius 1 is 1.00 bits per heavy atom. The minimum absolute atomic E-state index is 0.171. The lowest BCUT2D eigenvalue weighted by Gasteiger charge is -2.36. The molecule has 6 heteroatoms. The third-order valence-electron chi connectivity index (χ3n) is 3.86. The molecule has 1 saturated heterocycles. The van der Waals surface area contributed by atoms with Gasteiger partial charge in [-0.1, -0.05) is 23.7 Å². The number of amides is 2. The SMILES string of the molecule is O=C(Nc1ccc(F)cc1)N1CCN(c2ccccc2Cl)CC1. The Morgan fingerprint density at radius 2 is 1.65 bits per heavy atom. The molecular formula is C17H17ClFN3O. The lowest BCUT2D eigenvalue weighted by molar-refractivity contribution is 0.208. The fraction of sp³-hybridized carbons (Fsp3) is 0.235. The third kappa shape index (κ3) is 3.74. The molecule has 0 spiro atoms. The third-order valence-corrected chi connectivity index (χ3v) is 4.18. The number of anilines is 2. The second-order valence-corrected chi connectivity index (χ2v) is 5.77. The summed E-state index contributed by atoms with van der Waals surface area (Å²) in [6.45, 7) is 2.66. The molecule has 0 aliphatic carbocycles. The number of nitrogens with one attached hydrogen (secondary N) is 1. The summed E-state index contributed by atoms with van der Waals surface area (Å²) in [6, 6.07) is 13.3. The monoisotopic (exact) mass is 333 g/mol. The maximum Gasteiger partial charge on any atom is 0.321 e. The molecule has 1 N–H and O–H groups in total. The van der Waals surface area contributed by atoms with Gasteiger partial charge in [0, 0.05) is 31.9 Å². The maximum atomic E-state index is 12.9. The normalized spacial score (nSPS) is 14.7. The van der Waals surface area contributed by atoms with Gasteiger partial charge in [0.1, 0.15) is 5.82 Å². The van der Waals surface area contributed by atoms with Crippen LogP contribution in [-0.4, -0.2) is 37.1 Å². The Morgan fingerprint density at radius 3 is 2.30 bits per heavy atom. The van der Waals surface area contributed by atoms with Crippen molar-refractivity contribution in [3.63, 3.8) is 0 Å². The van der Waals surface area contributed by atoms with E-state index in [1.54, 1.807) is 17.0 Å². The highest BCUT2D eigenvalue weighted by Crippen LogP contribution is 2.26. The fourth-order valence-electron chi connectivity index (χ4n) is 2.59. The number of carbonyl (C=O) groups excluding carboxylic acids is 1. The van der Waals surface area contributed by atoms with Crippen molar-refractivity contribution in [2.75, 3.05) is 36.4 Å². The van der Waals surface area contributed by atoms with Gasteiger partial charge in [-0.3, -0.25) is 0 Å². The van der Waals surface area contributed by atoms with Crippen molar-refractivity contribution in [2.45, 2.75) is 0 Å². The molecule has 0 aromatic heterocycles. The van der Waals surface area contributed by atoms with Crippen molar-refractivity contribution in [3.8, 4) is 0 Å². The number of halogens is 2. The van der Waals surface area contributed by atoms with Crippen molar-refractivity contribution in [1.82, 2.24) is 4.90 Å². The molecule has 1 fully saturated rings. The van der Waals surface area contributed by atoms with Crippen LogP contribution in [-0.2, 0) is 0 Å².